The van der Waals surface area contributed by atoms with E-state index in [-0.39, 0.29) is 24.5 Å². The standard InChI is InChI=1S/C24H27N5O5S2/c1-29-10-14-4-2-3-5-18(14)22(29)16-7-21(35-12-16)23(31)19-9-26-13-27-24(19)28-17-6-15(20(30)8-17)11-34-36(25,32)33/h2-5,7,9,12-13,15,17,20,22,30H,6,8,10-11H2,1H3,(H2,25,32,33)(H,26,27,28)/t15-,17-,20+,22+/m1/s1. The second-order valence-electron chi connectivity index (χ2n) is 9.29. The van der Waals surface area contributed by atoms with E-state index in [1.54, 1.807) is 0 Å². The van der Waals surface area contributed by atoms with Gasteiger partial charge in [0.1, 0.15) is 12.1 Å². The van der Waals surface area contributed by atoms with E-state index >= 15 is 0 Å². The number of nitrogens with one attached hydrogen (secondary N) is 1. The molecule has 1 saturated carbocycles. The average Bonchev–Trinajstić information content (AvgIpc) is 3.53. The number of thiophene rings is 1. The molecule has 0 radical (unpaired) electrons. The summed E-state index contributed by atoms with van der Waals surface area (Å²) in [5.41, 5.74) is 3.95. The lowest BCUT2D eigenvalue weighted by atomic mass is 9.99. The summed E-state index contributed by atoms with van der Waals surface area (Å²) in [6.45, 7) is 0.654. The van der Waals surface area contributed by atoms with E-state index in [0.717, 1.165) is 12.1 Å². The highest BCUT2D eigenvalue weighted by Gasteiger charge is 2.35. The second-order valence-corrected chi connectivity index (χ2v) is 11.4. The Hall–Kier alpha value is -2.74. The molecular formula is C24H27N5O5S2. The van der Waals surface area contributed by atoms with Gasteiger partial charge in [-0.2, -0.15) is 8.42 Å². The molecule has 4 N–H and O–H groups in total. The van der Waals surface area contributed by atoms with Gasteiger partial charge < -0.3 is 10.4 Å². The van der Waals surface area contributed by atoms with Crippen LogP contribution in [-0.2, 0) is 21.0 Å². The predicted octanol–water partition coefficient (Wildman–Crippen LogP) is 2.08. The molecule has 3 aromatic rings. The van der Waals surface area contributed by atoms with Gasteiger partial charge in [0, 0.05) is 24.7 Å². The fourth-order valence-corrected chi connectivity index (χ4v) is 6.35. The molecular weight excluding hydrogens is 502 g/mol. The molecule has 1 aliphatic heterocycles. The molecule has 0 unspecified atom stereocenters. The van der Waals surface area contributed by atoms with E-state index in [0.29, 0.717) is 29.1 Å². The molecule has 1 fully saturated rings. The van der Waals surface area contributed by atoms with E-state index in [9.17, 15) is 18.3 Å². The van der Waals surface area contributed by atoms with Crippen LogP contribution in [0.15, 0.2) is 48.2 Å². The van der Waals surface area contributed by atoms with Gasteiger partial charge >= 0.3 is 10.3 Å². The van der Waals surface area contributed by atoms with Crippen molar-refractivity contribution in [3.63, 3.8) is 0 Å². The maximum atomic E-state index is 13.5. The normalized spacial score (nSPS) is 24.1. The number of hydrogen-bond acceptors (Lipinski definition) is 10. The van der Waals surface area contributed by atoms with Gasteiger partial charge in [0.2, 0.25) is 5.78 Å². The number of hydrogen-bond donors (Lipinski definition) is 3. The third-order valence-electron chi connectivity index (χ3n) is 6.77. The molecule has 12 heteroatoms. The Morgan fingerprint density at radius 2 is 2.14 bits per heavy atom. The largest absolute Gasteiger partial charge is 0.393 e. The maximum absolute atomic E-state index is 13.5. The van der Waals surface area contributed by atoms with Crippen molar-refractivity contribution in [2.24, 2.45) is 11.1 Å². The number of nitrogens with two attached hydrogens (primary N) is 1. The Morgan fingerprint density at radius 1 is 1.33 bits per heavy atom. The van der Waals surface area contributed by atoms with Gasteiger partial charge in [0.15, 0.2) is 0 Å². The number of fused-ring (bicyclic) bond motifs is 1. The molecule has 3 heterocycles. The van der Waals surface area contributed by atoms with Crippen LogP contribution in [-0.4, -0.2) is 60.0 Å². The molecule has 2 aromatic heterocycles. The summed E-state index contributed by atoms with van der Waals surface area (Å²) in [5.74, 6) is -0.220. The van der Waals surface area contributed by atoms with E-state index in [4.69, 9.17) is 5.14 Å². The second kappa shape index (κ2) is 9.96. The van der Waals surface area contributed by atoms with Crippen molar-refractivity contribution in [1.82, 2.24) is 14.9 Å². The Bertz CT molecular complexity index is 1380. The van der Waals surface area contributed by atoms with Crippen LogP contribution in [0.4, 0.5) is 5.82 Å². The minimum atomic E-state index is -4.08. The number of aliphatic hydroxyl groups is 1. The highest BCUT2D eigenvalue weighted by atomic mass is 32.2. The minimum Gasteiger partial charge on any atom is -0.393 e. The number of rotatable bonds is 8. The number of anilines is 1. The Kier molecular flexibility index (Phi) is 6.90. The number of aliphatic hydroxyl groups excluding tert-OH is 1. The molecule has 190 valence electrons. The molecule has 0 amide bonds. The number of carbonyl (C=O) groups is 1. The molecule has 0 saturated heterocycles. The van der Waals surface area contributed by atoms with Crippen LogP contribution in [0.5, 0.6) is 0 Å². The van der Waals surface area contributed by atoms with Crippen LogP contribution >= 0.6 is 11.3 Å². The molecule has 0 bridgehead atoms. The maximum Gasteiger partial charge on any atom is 0.333 e. The smallest absolute Gasteiger partial charge is 0.333 e. The molecule has 10 nitrogen and oxygen atoms in total. The van der Waals surface area contributed by atoms with Crippen molar-refractivity contribution in [3.8, 4) is 0 Å². The van der Waals surface area contributed by atoms with Gasteiger partial charge in [-0.15, -0.1) is 11.3 Å². The number of aromatic nitrogens is 2. The zero-order chi connectivity index (χ0) is 25.4. The van der Waals surface area contributed by atoms with Crippen molar-refractivity contribution in [3.05, 3.63) is 75.4 Å². The molecule has 1 aromatic carbocycles. The van der Waals surface area contributed by atoms with Gasteiger partial charge in [-0.1, -0.05) is 24.3 Å². The lowest BCUT2D eigenvalue weighted by Crippen LogP contribution is -2.24. The highest BCUT2D eigenvalue weighted by Crippen LogP contribution is 2.39. The monoisotopic (exact) mass is 529 g/mol. The first-order chi connectivity index (χ1) is 17.2. The van der Waals surface area contributed by atoms with Crippen molar-refractivity contribution < 1.29 is 22.5 Å². The van der Waals surface area contributed by atoms with Crippen LogP contribution in [0.2, 0.25) is 0 Å². The summed E-state index contributed by atoms with van der Waals surface area (Å²) < 4.78 is 26.8. The van der Waals surface area contributed by atoms with Crippen LogP contribution in [0.1, 0.15) is 50.8 Å². The van der Waals surface area contributed by atoms with E-state index in [1.165, 1.54) is 35.0 Å². The van der Waals surface area contributed by atoms with Crippen molar-refractivity contribution in [2.45, 2.75) is 37.6 Å². The van der Waals surface area contributed by atoms with Gasteiger partial charge in [0.25, 0.3) is 0 Å². The van der Waals surface area contributed by atoms with Gasteiger partial charge in [-0.3, -0.25) is 13.9 Å². The molecule has 2 aliphatic rings. The zero-order valence-electron chi connectivity index (χ0n) is 19.6. The van der Waals surface area contributed by atoms with Gasteiger partial charge in [-0.05, 0) is 48.0 Å². The molecule has 1 aliphatic carbocycles. The summed E-state index contributed by atoms with van der Waals surface area (Å²) in [4.78, 5) is 24.6. The lowest BCUT2D eigenvalue weighted by molar-refractivity contribution is 0.101. The summed E-state index contributed by atoms with van der Waals surface area (Å²) in [6, 6.07) is 10.2. The Morgan fingerprint density at radius 3 is 2.94 bits per heavy atom. The fourth-order valence-electron chi connectivity index (χ4n) is 5.11. The summed E-state index contributed by atoms with van der Waals surface area (Å²) in [6.07, 6.45) is 2.87. The number of ketones is 1. The summed E-state index contributed by atoms with van der Waals surface area (Å²) in [7, 11) is -2.01. The SMILES string of the molecule is CN1Cc2ccccc2[C@@H]1c1csc(C(=O)c2cncnc2N[C@@H]2C[C@H](COS(N)(=O)=O)[C@@H](O)C2)c1. The highest BCUT2D eigenvalue weighted by molar-refractivity contribution is 7.84. The topological polar surface area (TPSA) is 148 Å². The van der Waals surface area contributed by atoms with Crippen LogP contribution in [0, 0.1) is 5.92 Å². The molecule has 5 rings (SSSR count). The third-order valence-corrected chi connectivity index (χ3v) is 8.18. The zero-order valence-corrected chi connectivity index (χ0v) is 21.2. The third kappa shape index (κ3) is 5.19. The van der Waals surface area contributed by atoms with E-state index in [1.807, 2.05) is 23.6 Å². The van der Waals surface area contributed by atoms with Gasteiger partial charge in [0.05, 0.1) is 29.2 Å². The predicted molar refractivity (Wildman–Crippen MR) is 135 cm³/mol. The lowest BCUT2D eigenvalue weighted by Gasteiger charge is -2.19. The number of benzene rings is 1. The number of carbonyl (C=O) groups excluding carboxylic acids is 1. The first-order valence-electron chi connectivity index (χ1n) is 11.5. The first-order valence-corrected chi connectivity index (χ1v) is 13.9. The minimum absolute atomic E-state index is 0.0973. The quantitative estimate of drug-likeness (QED) is 0.373. The first kappa shape index (κ1) is 24.9. The Balaban J connectivity index is 1.32. The summed E-state index contributed by atoms with van der Waals surface area (Å²) >= 11 is 1.39. The van der Waals surface area contributed by atoms with Crippen molar-refractivity contribution in [2.75, 3.05) is 19.0 Å². The van der Waals surface area contributed by atoms with Crippen LogP contribution in [0.3, 0.4) is 0 Å². The number of nitrogens with zero attached hydrogens (tertiary/aromatic N) is 3. The Labute approximate surface area is 213 Å². The fraction of sp³-hybridized carbons (Fsp3) is 0.375. The average molecular weight is 530 g/mol. The van der Waals surface area contributed by atoms with Crippen molar-refractivity contribution in [1.29, 1.82) is 0 Å². The van der Waals surface area contributed by atoms with Crippen molar-refractivity contribution >= 4 is 33.2 Å². The summed E-state index contributed by atoms with van der Waals surface area (Å²) in [5, 5.41) is 20.5. The van der Waals surface area contributed by atoms with E-state index < -0.39 is 22.3 Å². The molecule has 36 heavy (non-hydrogen) atoms. The van der Waals surface area contributed by atoms with Crippen LogP contribution in [0.25, 0.3) is 0 Å². The van der Waals surface area contributed by atoms with E-state index in [2.05, 4.69) is 43.5 Å². The molecule has 4 atom stereocenters. The molecule has 0 spiro atoms. The van der Waals surface area contributed by atoms with Gasteiger partial charge in [-0.25, -0.2) is 15.1 Å². The van der Waals surface area contributed by atoms with Crippen LogP contribution < -0.4 is 10.5 Å².